The van der Waals surface area contributed by atoms with Gasteiger partial charge in [-0.2, -0.15) is 0 Å². The average molecular weight is 481 g/mol. The summed E-state index contributed by atoms with van der Waals surface area (Å²) < 4.78 is 0. The van der Waals surface area contributed by atoms with Crippen molar-refractivity contribution in [1.29, 1.82) is 0 Å². The average Bonchev–Trinajstić information content (AvgIpc) is 2.83. The molecule has 0 bridgehead atoms. The fourth-order valence-corrected chi connectivity index (χ4v) is 3.98. The highest BCUT2D eigenvalue weighted by atomic mass is 32.1. The van der Waals surface area contributed by atoms with E-state index in [2.05, 4.69) is 42.3 Å². The number of carbonyl (C=O) groups is 3. The van der Waals surface area contributed by atoms with E-state index in [1.807, 2.05) is 12.1 Å². The zero-order valence-corrected chi connectivity index (χ0v) is 20.7. The molecule has 0 aliphatic heterocycles. The molecule has 0 atom stereocenters. The molecule has 7 nitrogen and oxygen atoms in total. The van der Waals surface area contributed by atoms with Gasteiger partial charge in [-0.05, 0) is 72.4 Å². The van der Waals surface area contributed by atoms with E-state index in [1.54, 1.807) is 36.4 Å². The Bertz CT molecular complexity index is 1040. The Balaban J connectivity index is 1.47. The molecular formula is C26H32N4O3S. The summed E-state index contributed by atoms with van der Waals surface area (Å²) in [5, 5.41) is 5.52. The lowest BCUT2D eigenvalue weighted by Gasteiger charge is -2.21. The Morgan fingerprint density at radius 2 is 1.35 bits per heavy atom. The summed E-state index contributed by atoms with van der Waals surface area (Å²) in [6.45, 7) is 6.36. The van der Waals surface area contributed by atoms with Crippen molar-refractivity contribution in [2.75, 3.05) is 5.32 Å². The summed E-state index contributed by atoms with van der Waals surface area (Å²) in [6.07, 6.45) is 5.00. The van der Waals surface area contributed by atoms with Crippen molar-refractivity contribution in [3.63, 3.8) is 0 Å². The van der Waals surface area contributed by atoms with Crippen molar-refractivity contribution in [1.82, 2.24) is 16.2 Å². The second-order valence-corrected chi connectivity index (χ2v) is 10.00. The van der Waals surface area contributed by atoms with E-state index in [1.165, 1.54) is 0 Å². The molecule has 0 saturated heterocycles. The van der Waals surface area contributed by atoms with Gasteiger partial charge in [0.15, 0.2) is 5.11 Å². The number of thiocarbonyl (C=S) groups is 1. The highest BCUT2D eigenvalue weighted by Gasteiger charge is 2.22. The minimum Gasteiger partial charge on any atom is -0.322 e. The SMILES string of the molecule is CC(C)(C)c1ccc(C(=O)Nc2ccc(C(=O)NNC(=S)NC(=O)C3CCCCC3)cc2)cc1. The molecule has 180 valence electrons. The van der Waals surface area contributed by atoms with Gasteiger partial charge in [0.2, 0.25) is 5.91 Å². The Morgan fingerprint density at radius 3 is 1.94 bits per heavy atom. The van der Waals surface area contributed by atoms with Gasteiger partial charge in [0, 0.05) is 22.7 Å². The zero-order valence-electron chi connectivity index (χ0n) is 19.9. The molecule has 0 spiro atoms. The van der Waals surface area contributed by atoms with Gasteiger partial charge >= 0.3 is 0 Å². The first-order chi connectivity index (χ1) is 16.1. The molecule has 0 radical (unpaired) electrons. The first kappa shape index (κ1) is 25.4. The van der Waals surface area contributed by atoms with E-state index in [-0.39, 0.29) is 28.3 Å². The molecule has 1 aliphatic rings. The van der Waals surface area contributed by atoms with Crippen LogP contribution in [0.25, 0.3) is 0 Å². The largest absolute Gasteiger partial charge is 0.322 e. The molecule has 8 heteroatoms. The maximum atomic E-state index is 12.5. The molecular weight excluding hydrogens is 448 g/mol. The van der Waals surface area contributed by atoms with Crippen LogP contribution in [0, 0.1) is 5.92 Å². The lowest BCUT2D eigenvalue weighted by Crippen LogP contribution is -2.49. The number of rotatable bonds is 4. The molecule has 2 aromatic carbocycles. The summed E-state index contributed by atoms with van der Waals surface area (Å²) in [4.78, 5) is 37.1. The first-order valence-corrected chi connectivity index (χ1v) is 12.0. The van der Waals surface area contributed by atoms with E-state index in [4.69, 9.17) is 12.2 Å². The molecule has 34 heavy (non-hydrogen) atoms. The van der Waals surface area contributed by atoms with Crippen molar-refractivity contribution in [2.45, 2.75) is 58.3 Å². The summed E-state index contributed by atoms with van der Waals surface area (Å²) >= 11 is 5.11. The van der Waals surface area contributed by atoms with Gasteiger partial charge < -0.3 is 10.6 Å². The van der Waals surface area contributed by atoms with E-state index in [0.717, 1.165) is 37.7 Å². The van der Waals surface area contributed by atoms with Crippen molar-refractivity contribution < 1.29 is 14.4 Å². The number of hydrogen-bond acceptors (Lipinski definition) is 4. The number of nitrogens with one attached hydrogen (secondary N) is 4. The third kappa shape index (κ3) is 7.12. The number of amides is 3. The molecule has 0 aromatic heterocycles. The number of hydrogen-bond donors (Lipinski definition) is 4. The number of hydrazine groups is 1. The summed E-state index contributed by atoms with van der Waals surface area (Å²) in [6, 6.07) is 14.0. The van der Waals surface area contributed by atoms with E-state index in [9.17, 15) is 14.4 Å². The summed E-state index contributed by atoms with van der Waals surface area (Å²) in [7, 11) is 0. The molecule has 0 heterocycles. The molecule has 1 fully saturated rings. The second kappa shape index (κ2) is 11.2. The van der Waals surface area contributed by atoms with Crippen LogP contribution in [0.4, 0.5) is 5.69 Å². The third-order valence-electron chi connectivity index (χ3n) is 5.92. The minimum atomic E-state index is -0.412. The van der Waals surface area contributed by atoms with Crippen molar-refractivity contribution in [3.8, 4) is 0 Å². The zero-order chi connectivity index (χ0) is 24.7. The monoisotopic (exact) mass is 480 g/mol. The van der Waals surface area contributed by atoms with Crippen LogP contribution in [0.2, 0.25) is 0 Å². The van der Waals surface area contributed by atoms with Gasteiger partial charge in [-0.25, -0.2) is 0 Å². The fourth-order valence-electron chi connectivity index (χ4n) is 3.83. The van der Waals surface area contributed by atoms with E-state index in [0.29, 0.717) is 16.8 Å². The Labute approximate surface area is 206 Å². The van der Waals surface area contributed by atoms with Crippen LogP contribution in [0.1, 0.15) is 79.2 Å². The van der Waals surface area contributed by atoms with Gasteiger partial charge in [-0.3, -0.25) is 25.2 Å². The third-order valence-corrected chi connectivity index (χ3v) is 6.12. The van der Waals surface area contributed by atoms with Crippen LogP contribution < -0.4 is 21.5 Å². The van der Waals surface area contributed by atoms with Crippen molar-refractivity contribution >= 4 is 40.7 Å². The predicted octanol–water partition coefficient (Wildman–Crippen LogP) is 4.45. The normalized spacial score (nSPS) is 14.1. The van der Waals surface area contributed by atoms with Gasteiger partial charge in [-0.1, -0.05) is 52.2 Å². The van der Waals surface area contributed by atoms with Gasteiger partial charge in [-0.15, -0.1) is 0 Å². The van der Waals surface area contributed by atoms with Crippen LogP contribution in [-0.4, -0.2) is 22.8 Å². The highest BCUT2D eigenvalue weighted by Crippen LogP contribution is 2.24. The summed E-state index contributed by atoms with van der Waals surface area (Å²) in [5.41, 5.74) is 7.72. The van der Waals surface area contributed by atoms with E-state index < -0.39 is 5.91 Å². The van der Waals surface area contributed by atoms with Crippen molar-refractivity contribution in [2.24, 2.45) is 5.92 Å². The predicted molar refractivity (Wildman–Crippen MR) is 137 cm³/mol. The molecule has 4 N–H and O–H groups in total. The van der Waals surface area contributed by atoms with Crippen LogP contribution in [0.15, 0.2) is 48.5 Å². The fraction of sp³-hybridized carbons (Fsp3) is 0.385. The van der Waals surface area contributed by atoms with Crippen LogP contribution in [0.5, 0.6) is 0 Å². The number of benzene rings is 2. The Kier molecular flexibility index (Phi) is 8.39. The topological polar surface area (TPSA) is 99.3 Å². The number of anilines is 1. The summed E-state index contributed by atoms with van der Waals surface area (Å²) in [5.74, 6) is -0.772. The van der Waals surface area contributed by atoms with Crippen LogP contribution in [-0.2, 0) is 10.2 Å². The minimum absolute atomic E-state index is 0.0188. The maximum Gasteiger partial charge on any atom is 0.269 e. The Morgan fingerprint density at radius 1 is 0.794 bits per heavy atom. The first-order valence-electron chi connectivity index (χ1n) is 11.6. The van der Waals surface area contributed by atoms with E-state index >= 15 is 0 Å². The molecule has 3 rings (SSSR count). The second-order valence-electron chi connectivity index (χ2n) is 9.59. The standard InChI is InChI=1S/C26H32N4O3S/c1-26(2,3)20-13-9-18(10-14-20)22(31)27-21-15-11-19(12-16-21)24(33)29-30-25(34)28-23(32)17-7-5-4-6-8-17/h9-17H,4-8H2,1-3H3,(H,27,31)(H,29,33)(H2,28,30,32,34). The quantitative estimate of drug-likeness (QED) is 0.383. The van der Waals surface area contributed by atoms with Crippen molar-refractivity contribution in [3.05, 3.63) is 65.2 Å². The maximum absolute atomic E-state index is 12.5. The number of carbonyl (C=O) groups excluding carboxylic acids is 3. The molecule has 1 saturated carbocycles. The van der Waals surface area contributed by atoms with Crippen LogP contribution >= 0.6 is 12.2 Å². The highest BCUT2D eigenvalue weighted by molar-refractivity contribution is 7.80. The Hall–Kier alpha value is -3.26. The smallest absolute Gasteiger partial charge is 0.269 e. The molecule has 2 aromatic rings. The van der Waals surface area contributed by atoms with Gasteiger partial charge in [0.05, 0.1) is 0 Å². The van der Waals surface area contributed by atoms with Gasteiger partial charge in [0.25, 0.3) is 11.8 Å². The van der Waals surface area contributed by atoms with Crippen LogP contribution in [0.3, 0.4) is 0 Å². The van der Waals surface area contributed by atoms with Gasteiger partial charge in [0.1, 0.15) is 0 Å². The molecule has 0 unspecified atom stereocenters. The molecule has 3 amide bonds. The lowest BCUT2D eigenvalue weighted by molar-refractivity contribution is -0.124. The molecule has 1 aliphatic carbocycles. The lowest BCUT2D eigenvalue weighted by atomic mass is 9.87.